The fourth-order valence-electron chi connectivity index (χ4n) is 4.26. The van der Waals surface area contributed by atoms with Gasteiger partial charge in [-0.15, -0.1) is 6.42 Å². The predicted octanol–water partition coefficient (Wildman–Crippen LogP) is 5.09. The molecule has 8 heteroatoms. The molecule has 0 aliphatic heterocycles. The Labute approximate surface area is 238 Å². The Bertz CT molecular complexity index is 1180. The van der Waals surface area contributed by atoms with E-state index < -0.39 is 29.7 Å². The van der Waals surface area contributed by atoms with Crippen LogP contribution in [0.5, 0.6) is 5.75 Å². The van der Waals surface area contributed by atoms with Gasteiger partial charge in [0.25, 0.3) is 0 Å². The minimum Gasteiger partial charge on any atom is -0.508 e. The molecule has 0 aliphatic carbocycles. The van der Waals surface area contributed by atoms with Crippen LogP contribution < -0.4 is 10.6 Å². The Morgan fingerprint density at radius 2 is 1.73 bits per heavy atom. The highest BCUT2D eigenvalue weighted by Crippen LogP contribution is 2.29. The molecule has 40 heavy (non-hydrogen) atoms. The molecule has 3 amide bonds. The first-order chi connectivity index (χ1) is 18.9. The number of benzene rings is 2. The van der Waals surface area contributed by atoms with E-state index in [1.54, 1.807) is 57.2 Å². The first kappa shape index (κ1) is 32.2. The lowest BCUT2D eigenvalue weighted by atomic mass is 9.95. The van der Waals surface area contributed by atoms with E-state index in [-0.39, 0.29) is 24.1 Å². The third-order valence-corrected chi connectivity index (χ3v) is 6.45. The van der Waals surface area contributed by atoms with E-state index >= 15 is 0 Å². The highest BCUT2D eigenvalue weighted by molar-refractivity contribution is 5.93. The number of terminal acetylenes is 1. The Morgan fingerprint density at radius 1 is 1.07 bits per heavy atom. The summed E-state index contributed by atoms with van der Waals surface area (Å²) in [4.78, 5) is 42.6. The van der Waals surface area contributed by atoms with Gasteiger partial charge in [0.15, 0.2) is 0 Å². The van der Waals surface area contributed by atoms with Gasteiger partial charge in [-0.25, -0.2) is 4.79 Å². The minimum atomic E-state index is -1.06. The zero-order chi connectivity index (χ0) is 29.9. The maximum absolute atomic E-state index is 14.4. The smallest absolute Gasteiger partial charge is 0.408 e. The monoisotopic (exact) mass is 549 g/mol. The number of ether oxygens (including phenoxy) is 1. The number of hydrogen-bond acceptors (Lipinski definition) is 5. The zero-order valence-corrected chi connectivity index (χ0v) is 24.5. The van der Waals surface area contributed by atoms with E-state index in [4.69, 9.17) is 11.2 Å². The first-order valence-corrected chi connectivity index (χ1v) is 13.8. The summed E-state index contributed by atoms with van der Waals surface area (Å²) in [6, 6.07) is 11.0. The van der Waals surface area contributed by atoms with Gasteiger partial charge in [-0.2, -0.15) is 0 Å². The molecule has 0 saturated carbocycles. The summed E-state index contributed by atoms with van der Waals surface area (Å²) in [5.41, 5.74) is 0.979. The lowest BCUT2D eigenvalue weighted by Crippen LogP contribution is -2.56. The SMILES string of the molecule is C#Cc1ccccc1C(C(=O)NCCCC)N(C(=O)C(Cc1ccc(O)cc1)NC(=O)OC(C)(C)C)C(C)CC. The summed E-state index contributed by atoms with van der Waals surface area (Å²) < 4.78 is 5.47. The standard InChI is InChI=1S/C32H43N3O5/c1-8-11-20-33-29(37)28(26-15-13-12-14-24(26)10-3)35(22(4)9-2)30(38)27(34-31(39)40-32(5,6)7)21-23-16-18-25(36)19-17-23/h3,12-19,22,27-28,36H,8-9,11,20-21H2,1-2,4-7H3,(H,33,37)(H,34,39). The van der Waals surface area contributed by atoms with Crippen molar-refractivity contribution in [3.05, 3.63) is 65.2 Å². The van der Waals surface area contributed by atoms with Crippen molar-refractivity contribution in [2.45, 2.75) is 91.0 Å². The van der Waals surface area contributed by atoms with Gasteiger partial charge in [-0.1, -0.05) is 56.5 Å². The van der Waals surface area contributed by atoms with Crippen LogP contribution in [0, 0.1) is 12.3 Å². The van der Waals surface area contributed by atoms with Gasteiger partial charge in [0, 0.05) is 24.6 Å². The summed E-state index contributed by atoms with van der Waals surface area (Å²) in [7, 11) is 0. The van der Waals surface area contributed by atoms with E-state index in [2.05, 4.69) is 16.6 Å². The Balaban J connectivity index is 2.62. The number of nitrogens with zero attached hydrogens (tertiary/aromatic N) is 1. The third kappa shape index (κ3) is 9.33. The number of phenols is 1. The van der Waals surface area contributed by atoms with Crippen molar-refractivity contribution >= 4 is 17.9 Å². The molecule has 3 N–H and O–H groups in total. The molecular weight excluding hydrogens is 506 g/mol. The third-order valence-electron chi connectivity index (χ3n) is 6.45. The summed E-state index contributed by atoms with van der Waals surface area (Å²) >= 11 is 0. The second-order valence-electron chi connectivity index (χ2n) is 10.9. The number of phenolic OH excluding ortho intramolecular Hbond substituents is 1. The predicted molar refractivity (Wildman–Crippen MR) is 157 cm³/mol. The second kappa shape index (κ2) is 15.0. The summed E-state index contributed by atoms with van der Waals surface area (Å²) in [5, 5.41) is 15.4. The molecule has 0 heterocycles. The number of amides is 3. The van der Waals surface area contributed by atoms with Crippen LogP contribution in [0.3, 0.4) is 0 Å². The maximum Gasteiger partial charge on any atom is 0.408 e. The van der Waals surface area contributed by atoms with Crippen LogP contribution >= 0.6 is 0 Å². The van der Waals surface area contributed by atoms with Crippen LogP contribution in [0.25, 0.3) is 0 Å². The van der Waals surface area contributed by atoms with Gasteiger partial charge in [0.1, 0.15) is 23.4 Å². The molecule has 0 saturated heterocycles. The molecule has 3 unspecified atom stereocenters. The van der Waals surface area contributed by atoms with Crippen molar-refractivity contribution in [2.24, 2.45) is 0 Å². The Morgan fingerprint density at radius 3 is 2.30 bits per heavy atom. The van der Waals surface area contributed by atoms with Gasteiger partial charge in [0.05, 0.1) is 0 Å². The lowest BCUT2D eigenvalue weighted by Gasteiger charge is -2.38. The number of unbranched alkanes of at least 4 members (excludes halogenated alkanes) is 1. The van der Waals surface area contributed by atoms with E-state index in [1.807, 2.05) is 20.8 Å². The number of carbonyl (C=O) groups is 3. The molecular formula is C32H43N3O5. The molecule has 2 aromatic rings. The van der Waals surface area contributed by atoms with Crippen LogP contribution in [0.15, 0.2) is 48.5 Å². The second-order valence-corrected chi connectivity index (χ2v) is 10.9. The molecule has 0 radical (unpaired) electrons. The molecule has 3 atom stereocenters. The molecule has 8 nitrogen and oxygen atoms in total. The van der Waals surface area contributed by atoms with Gasteiger partial charge in [-0.05, 0) is 69.9 Å². The largest absolute Gasteiger partial charge is 0.508 e. The number of alkyl carbamates (subject to hydrolysis) is 1. The quantitative estimate of drug-likeness (QED) is 0.252. The van der Waals surface area contributed by atoms with Crippen LogP contribution in [-0.2, 0) is 20.7 Å². The van der Waals surface area contributed by atoms with Gasteiger partial charge >= 0.3 is 6.09 Å². The van der Waals surface area contributed by atoms with Crippen LogP contribution in [0.4, 0.5) is 4.79 Å². The number of nitrogens with one attached hydrogen (secondary N) is 2. The fraction of sp³-hybridized carbons (Fsp3) is 0.469. The van der Waals surface area contributed by atoms with Gasteiger partial charge in [0.2, 0.25) is 11.8 Å². The van der Waals surface area contributed by atoms with Crippen molar-refractivity contribution in [3.63, 3.8) is 0 Å². The van der Waals surface area contributed by atoms with Crippen LogP contribution in [0.1, 0.15) is 83.5 Å². The highest BCUT2D eigenvalue weighted by atomic mass is 16.6. The zero-order valence-electron chi connectivity index (χ0n) is 24.5. The van der Waals surface area contributed by atoms with Crippen LogP contribution in [0.2, 0.25) is 0 Å². The average Bonchev–Trinajstić information content (AvgIpc) is 2.90. The molecule has 216 valence electrons. The number of rotatable bonds is 12. The normalized spacial score (nSPS) is 13.3. The van der Waals surface area contributed by atoms with Crippen LogP contribution in [-0.4, -0.2) is 52.1 Å². The van der Waals surface area contributed by atoms with Crippen molar-refractivity contribution in [1.29, 1.82) is 0 Å². The van der Waals surface area contributed by atoms with Crippen molar-refractivity contribution in [1.82, 2.24) is 15.5 Å². The highest BCUT2D eigenvalue weighted by Gasteiger charge is 2.39. The Hall–Kier alpha value is -3.99. The molecule has 0 aromatic heterocycles. The molecule has 0 bridgehead atoms. The molecule has 0 fully saturated rings. The van der Waals surface area contributed by atoms with Crippen molar-refractivity contribution in [3.8, 4) is 18.1 Å². The van der Waals surface area contributed by atoms with Crippen molar-refractivity contribution in [2.75, 3.05) is 6.54 Å². The minimum absolute atomic E-state index is 0.0858. The summed E-state index contributed by atoms with van der Waals surface area (Å²) in [5.74, 6) is 1.95. The molecule has 2 aromatic carbocycles. The number of aromatic hydroxyl groups is 1. The Kier molecular flexibility index (Phi) is 12.1. The number of hydrogen-bond donors (Lipinski definition) is 3. The fourth-order valence-corrected chi connectivity index (χ4v) is 4.26. The molecule has 0 spiro atoms. The summed E-state index contributed by atoms with van der Waals surface area (Å²) in [6.45, 7) is 11.5. The van der Waals surface area contributed by atoms with Gasteiger partial charge < -0.3 is 25.4 Å². The molecule has 2 rings (SSSR count). The maximum atomic E-state index is 14.4. The van der Waals surface area contributed by atoms with E-state index in [0.717, 1.165) is 12.8 Å². The summed E-state index contributed by atoms with van der Waals surface area (Å²) in [6.07, 6.45) is 7.43. The average molecular weight is 550 g/mol. The lowest BCUT2D eigenvalue weighted by molar-refractivity contribution is -0.145. The topological polar surface area (TPSA) is 108 Å². The number of carbonyl (C=O) groups excluding carboxylic acids is 3. The molecule has 0 aliphatic rings. The van der Waals surface area contributed by atoms with Crippen molar-refractivity contribution < 1.29 is 24.2 Å². The first-order valence-electron chi connectivity index (χ1n) is 13.8. The van der Waals surface area contributed by atoms with E-state index in [9.17, 15) is 19.5 Å². The van der Waals surface area contributed by atoms with E-state index in [1.165, 1.54) is 17.0 Å². The van der Waals surface area contributed by atoms with E-state index in [0.29, 0.717) is 29.7 Å². The van der Waals surface area contributed by atoms with Gasteiger partial charge in [-0.3, -0.25) is 9.59 Å².